The molecule has 1 atom stereocenters. The second-order valence-corrected chi connectivity index (χ2v) is 7.65. The molecule has 0 fully saturated rings. The third kappa shape index (κ3) is 3.08. The van der Waals surface area contributed by atoms with Crippen LogP contribution in [0.25, 0.3) is 10.2 Å². The molecule has 0 spiro atoms. The van der Waals surface area contributed by atoms with Crippen LogP contribution < -0.4 is 0 Å². The Kier molecular flexibility index (Phi) is 4.44. The number of aromatic nitrogens is 1. The van der Waals surface area contributed by atoms with Crippen molar-refractivity contribution >= 4 is 41.9 Å². The summed E-state index contributed by atoms with van der Waals surface area (Å²) in [6.45, 7) is 0.411. The molecule has 0 aliphatic rings. The Morgan fingerprint density at radius 2 is 1.92 bits per heavy atom. The molecule has 3 nitrogen and oxygen atoms in total. The van der Waals surface area contributed by atoms with Crippen LogP contribution in [0.4, 0.5) is 18.0 Å². The minimum atomic E-state index is -4.34. The highest BCUT2D eigenvalue weighted by molar-refractivity contribution is 9.10. The molecule has 0 amide bonds. The van der Waals surface area contributed by atoms with E-state index in [2.05, 4.69) is 15.9 Å². The third-order valence-corrected chi connectivity index (χ3v) is 6.30. The van der Waals surface area contributed by atoms with Crippen molar-refractivity contribution in [3.05, 3.63) is 57.5 Å². The first-order valence-electron chi connectivity index (χ1n) is 6.85. The second kappa shape index (κ2) is 6.25. The quantitative estimate of drug-likeness (QED) is 0.395. The fourth-order valence-corrected chi connectivity index (χ4v) is 5.14. The summed E-state index contributed by atoms with van der Waals surface area (Å²) < 4.78 is 46.2. The molecule has 8 heteroatoms. The number of ether oxygens (including phenoxy) is 1. The van der Waals surface area contributed by atoms with Gasteiger partial charge in [-0.05, 0) is 33.6 Å². The van der Waals surface area contributed by atoms with Gasteiger partial charge in [-0.15, -0.1) is 0 Å². The summed E-state index contributed by atoms with van der Waals surface area (Å²) in [4.78, 5) is 11.8. The number of methoxy groups -OCH3 is 1. The summed E-state index contributed by atoms with van der Waals surface area (Å²) in [7, 11) is 0.572. The molecular formula is C16H12BrF3NO2S+. The zero-order valence-electron chi connectivity index (χ0n) is 12.4. The van der Waals surface area contributed by atoms with Crippen LogP contribution in [0.3, 0.4) is 0 Å². The van der Waals surface area contributed by atoms with Crippen LogP contribution in [-0.4, -0.2) is 17.0 Å². The summed E-state index contributed by atoms with van der Waals surface area (Å²) in [5.41, 5.74) is 0.924. The fraction of sp³-hybridized carbons (Fsp3) is 0.188. The van der Waals surface area contributed by atoms with Crippen molar-refractivity contribution in [1.82, 2.24) is 4.57 Å². The molecule has 1 unspecified atom stereocenters. The maximum atomic E-state index is 12.6. The molecule has 0 radical (unpaired) electrons. The largest absolute Gasteiger partial charge is 0.554 e. The van der Waals surface area contributed by atoms with Gasteiger partial charge >= 0.3 is 11.5 Å². The van der Waals surface area contributed by atoms with Crippen LogP contribution in [0.15, 0.2) is 46.4 Å². The van der Waals surface area contributed by atoms with Crippen molar-refractivity contribution in [2.75, 3.05) is 7.11 Å². The lowest BCUT2D eigenvalue weighted by Gasteiger charge is -2.08. The molecular weight excluding hydrogens is 407 g/mol. The summed E-state index contributed by atoms with van der Waals surface area (Å²) in [6.07, 6.45) is -2.52. The smallest absolute Gasteiger partial charge is 0.425 e. The monoisotopic (exact) mass is 418 g/mol. The highest BCUT2D eigenvalue weighted by atomic mass is 79.9. The van der Waals surface area contributed by atoms with E-state index in [9.17, 15) is 18.0 Å². The number of thiophene rings is 1. The van der Waals surface area contributed by atoms with Crippen LogP contribution in [0.5, 0.6) is 0 Å². The summed E-state index contributed by atoms with van der Waals surface area (Å²) in [5.74, 6) is 0. The zero-order valence-corrected chi connectivity index (χ0v) is 14.8. The predicted octanol–water partition coefficient (Wildman–Crippen LogP) is 5.83. The standard InChI is InChI=1S/C16H12BrF3NO2S/c1-23-15(22)24-9-12(17)14-13(24)6-7-21(14)8-10-2-4-11(5-3-10)16(18,19)20/h2-7,9H,8H2,1H3/q+1. The van der Waals surface area contributed by atoms with Crippen LogP contribution in [0, 0.1) is 0 Å². The summed E-state index contributed by atoms with van der Waals surface area (Å²) in [5, 5.41) is 1.47. The van der Waals surface area contributed by atoms with Gasteiger partial charge in [-0.1, -0.05) is 12.1 Å². The predicted molar refractivity (Wildman–Crippen MR) is 90.5 cm³/mol. The molecule has 0 aliphatic carbocycles. The number of hydrogen-bond donors (Lipinski definition) is 0. The van der Waals surface area contributed by atoms with E-state index in [1.54, 1.807) is 5.38 Å². The van der Waals surface area contributed by atoms with Gasteiger partial charge in [0.15, 0.2) is 5.38 Å². The molecule has 0 bridgehead atoms. The molecule has 3 rings (SSSR count). The van der Waals surface area contributed by atoms with Gasteiger partial charge in [-0.2, -0.15) is 18.0 Å². The van der Waals surface area contributed by atoms with Gasteiger partial charge in [0.25, 0.3) is 0 Å². The van der Waals surface area contributed by atoms with Gasteiger partial charge in [0.05, 0.1) is 17.1 Å². The number of fused-ring (bicyclic) bond motifs is 1. The van der Waals surface area contributed by atoms with Crippen LogP contribution >= 0.6 is 26.4 Å². The first-order chi connectivity index (χ1) is 11.3. The lowest BCUT2D eigenvalue weighted by atomic mass is 10.1. The van der Waals surface area contributed by atoms with Crippen LogP contribution in [0.2, 0.25) is 0 Å². The maximum Gasteiger partial charge on any atom is 0.554 e. The molecule has 2 heterocycles. The number of benzene rings is 1. The lowest BCUT2D eigenvalue weighted by Crippen LogP contribution is -2.05. The van der Waals surface area contributed by atoms with Gasteiger partial charge < -0.3 is 9.30 Å². The highest BCUT2D eigenvalue weighted by Gasteiger charge is 2.30. The number of alkyl halides is 3. The first-order valence-corrected chi connectivity index (χ1v) is 8.93. The van der Waals surface area contributed by atoms with E-state index >= 15 is 0 Å². The van der Waals surface area contributed by atoms with Crippen molar-refractivity contribution in [3.63, 3.8) is 0 Å². The van der Waals surface area contributed by atoms with Crippen molar-refractivity contribution in [3.8, 4) is 0 Å². The van der Waals surface area contributed by atoms with Crippen LogP contribution in [0.1, 0.15) is 11.1 Å². The Hall–Kier alpha value is -1.80. The van der Waals surface area contributed by atoms with Crippen molar-refractivity contribution in [1.29, 1.82) is 0 Å². The highest BCUT2D eigenvalue weighted by Crippen LogP contribution is 2.40. The maximum absolute atomic E-state index is 12.6. The fourth-order valence-electron chi connectivity index (χ4n) is 2.46. The second-order valence-electron chi connectivity index (χ2n) is 5.11. The van der Waals surface area contributed by atoms with E-state index in [4.69, 9.17) is 4.74 Å². The minimum absolute atomic E-state index is 0.321. The van der Waals surface area contributed by atoms with Gasteiger partial charge in [0.2, 0.25) is 4.70 Å². The van der Waals surface area contributed by atoms with E-state index in [0.29, 0.717) is 6.54 Å². The van der Waals surface area contributed by atoms with E-state index in [1.165, 1.54) is 19.2 Å². The van der Waals surface area contributed by atoms with Crippen molar-refractivity contribution in [2.45, 2.75) is 12.7 Å². The SMILES string of the molecule is COC(=O)[s+]1cc(Br)c2c1ccn2Cc1ccc(C(F)(F)F)cc1. The average Bonchev–Trinajstić information content (AvgIpc) is 3.08. The molecule has 0 saturated heterocycles. The number of hydrogen-bond acceptors (Lipinski definition) is 2. The summed E-state index contributed by atoms with van der Waals surface area (Å²) >= 11 is 3.45. The molecule has 0 aliphatic heterocycles. The Morgan fingerprint density at radius 3 is 2.50 bits per heavy atom. The molecule has 0 N–H and O–H groups in total. The first kappa shape index (κ1) is 17.0. The van der Waals surface area contributed by atoms with Gasteiger partial charge in [-0.25, -0.2) is 0 Å². The van der Waals surface area contributed by atoms with Crippen molar-refractivity contribution < 1.29 is 22.7 Å². The van der Waals surface area contributed by atoms with Crippen LogP contribution in [-0.2, 0) is 17.5 Å². The Labute approximate surface area is 146 Å². The third-order valence-electron chi connectivity index (χ3n) is 3.59. The molecule has 1 aromatic carbocycles. The normalized spacial score (nSPS) is 12.6. The Balaban J connectivity index is 1.94. The van der Waals surface area contributed by atoms with Gasteiger partial charge in [0.1, 0.15) is 16.0 Å². The number of carbonyl (C=O) groups excluding carboxylic acids is 1. The van der Waals surface area contributed by atoms with E-state index in [0.717, 1.165) is 32.4 Å². The number of nitrogens with zero attached hydrogens (tertiary/aromatic N) is 1. The van der Waals surface area contributed by atoms with Gasteiger partial charge in [-0.3, -0.25) is 0 Å². The molecule has 24 heavy (non-hydrogen) atoms. The lowest BCUT2D eigenvalue weighted by molar-refractivity contribution is -0.137. The van der Waals surface area contributed by atoms with Crippen molar-refractivity contribution in [2.24, 2.45) is 0 Å². The van der Waals surface area contributed by atoms with E-state index < -0.39 is 22.2 Å². The van der Waals surface area contributed by atoms with Gasteiger partial charge in [0, 0.05) is 18.8 Å². The zero-order chi connectivity index (χ0) is 17.5. The molecule has 3 aromatic rings. The van der Waals surface area contributed by atoms with E-state index in [1.807, 2.05) is 16.8 Å². The summed E-state index contributed by atoms with van der Waals surface area (Å²) in [6, 6.07) is 6.90. The molecule has 2 aromatic heterocycles. The number of halogens is 4. The molecule has 126 valence electrons. The average molecular weight is 419 g/mol. The van der Waals surface area contributed by atoms with E-state index in [-0.39, 0.29) is 5.30 Å². The molecule has 0 saturated carbocycles. The topological polar surface area (TPSA) is 31.2 Å². The Bertz CT molecular complexity index is 897. The number of rotatable bonds is 3. The minimum Gasteiger partial charge on any atom is -0.425 e. The Morgan fingerprint density at radius 1 is 1.25 bits per heavy atom. The number of carbonyl (C=O) groups is 1.